The molecule has 26 heavy (non-hydrogen) atoms. The van der Waals surface area contributed by atoms with Crippen LogP contribution in [0.2, 0.25) is 0 Å². The van der Waals surface area contributed by atoms with Crippen LogP contribution in [-0.4, -0.2) is 40.0 Å². The summed E-state index contributed by atoms with van der Waals surface area (Å²) in [4.78, 5) is 38.1. The Balaban J connectivity index is 1.73. The first-order valence-electron chi connectivity index (χ1n) is 7.92. The van der Waals surface area contributed by atoms with E-state index in [1.165, 1.54) is 22.7 Å². The van der Waals surface area contributed by atoms with E-state index in [9.17, 15) is 14.4 Å². The summed E-state index contributed by atoms with van der Waals surface area (Å²) in [5.41, 5.74) is 1.43. The number of allylic oxidation sites excluding steroid dienone is 1. The topological polar surface area (TPSA) is 92.5 Å². The number of nitrogens with zero attached hydrogens (tertiary/aromatic N) is 2. The van der Waals surface area contributed by atoms with Crippen molar-refractivity contribution in [2.75, 3.05) is 17.6 Å². The molecule has 134 valence electrons. The van der Waals surface area contributed by atoms with E-state index in [1.54, 1.807) is 25.1 Å². The van der Waals surface area contributed by atoms with Crippen LogP contribution < -0.4 is 5.32 Å². The first-order chi connectivity index (χ1) is 12.4. The lowest BCUT2D eigenvalue weighted by Gasteiger charge is -2.16. The molecular weight excluding hydrogens is 354 g/mol. The maximum atomic E-state index is 12.5. The predicted octanol–water partition coefficient (Wildman–Crippen LogP) is 2.53. The van der Waals surface area contributed by atoms with Crippen LogP contribution in [0.3, 0.4) is 0 Å². The SMILES string of the molecule is Cc1cc(NC(=O)CN2C(=O)CS/C2=C\C(=O)c2ccccc2C)no1. The fourth-order valence-corrected chi connectivity index (χ4v) is 3.43. The average molecular weight is 371 g/mol. The van der Waals surface area contributed by atoms with Crippen molar-refractivity contribution in [1.29, 1.82) is 0 Å². The van der Waals surface area contributed by atoms with Gasteiger partial charge in [-0.25, -0.2) is 0 Å². The highest BCUT2D eigenvalue weighted by molar-refractivity contribution is 8.04. The molecule has 2 aromatic rings. The van der Waals surface area contributed by atoms with Crippen molar-refractivity contribution in [2.24, 2.45) is 0 Å². The monoisotopic (exact) mass is 371 g/mol. The van der Waals surface area contributed by atoms with Crippen molar-refractivity contribution in [3.05, 3.63) is 58.3 Å². The minimum atomic E-state index is -0.414. The van der Waals surface area contributed by atoms with Crippen LogP contribution >= 0.6 is 11.8 Å². The normalized spacial score (nSPS) is 15.5. The van der Waals surface area contributed by atoms with Crippen molar-refractivity contribution >= 4 is 35.2 Å². The molecule has 0 radical (unpaired) electrons. The summed E-state index contributed by atoms with van der Waals surface area (Å²) < 4.78 is 4.89. The number of amides is 2. The van der Waals surface area contributed by atoms with Gasteiger partial charge in [0.1, 0.15) is 12.3 Å². The molecule has 0 aliphatic carbocycles. The first kappa shape index (κ1) is 17.9. The fraction of sp³-hybridized carbons (Fsp3) is 0.222. The largest absolute Gasteiger partial charge is 0.360 e. The van der Waals surface area contributed by atoms with E-state index < -0.39 is 5.91 Å². The molecule has 3 rings (SSSR count). The zero-order valence-electron chi connectivity index (χ0n) is 14.3. The molecule has 1 fully saturated rings. The van der Waals surface area contributed by atoms with E-state index in [2.05, 4.69) is 10.5 Å². The minimum absolute atomic E-state index is 0.190. The molecule has 1 saturated heterocycles. The first-order valence-corrected chi connectivity index (χ1v) is 8.90. The van der Waals surface area contributed by atoms with Gasteiger partial charge in [0.05, 0.1) is 10.8 Å². The number of carbonyl (C=O) groups excluding carboxylic acids is 3. The van der Waals surface area contributed by atoms with E-state index in [1.807, 2.05) is 19.1 Å². The van der Waals surface area contributed by atoms with Crippen LogP contribution in [0.4, 0.5) is 5.82 Å². The summed E-state index contributed by atoms with van der Waals surface area (Å²) in [5.74, 6) is 0.223. The van der Waals surface area contributed by atoms with Crippen LogP contribution in [-0.2, 0) is 9.59 Å². The molecule has 1 aliphatic heterocycles. The molecule has 2 heterocycles. The van der Waals surface area contributed by atoms with Gasteiger partial charge in [0, 0.05) is 17.7 Å². The van der Waals surface area contributed by atoms with Gasteiger partial charge in [-0.15, -0.1) is 0 Å². The van der Waals surface area contributed by atoms with E-state index in [-0.39, 0.29) is 29.8 Å². The number of anilines is 1. The smallest absolute Gasteiger partial charge is 0.245 e. The number of benzene rings is 1. The second-order valence-corrected chi connectivity index (χ2v) is 6.80. The summed E-state index contributed by atoms with van der Waals surface area (Å²) >= 11 is 1.24. The Bertz CT molecular complexity index is 903. The molecule has 2 amide bonds. The van der Waals surface area contributed by atoms with Gasteiger partial charge in [-0.1, -0.05) is 41.2 Å². The van der Waals surface area contributed by atoms with Gasteiger partial charge in [0.2, 0.25) is 11.8 Å². The van der Waals surface area contributed by atoms with Gasteiger partial charge in [-0.05, 0) is 19.4 Å². The van der Waals surface area contributed by atoms with Crippen LogP contribution in [0.1, 0.15) is 21.7 Å². The van der Waals surface area contributed by atoms with Gasteiger partial charge in [-0.3, -0.25) is 19.3 Å². The molecule has 7 nitrogen and oxygen atoms in total. The summed E-state index contributed by atoms with van der Waals surface area (Å²) in [5, 5.41) is 6.71. The highest BCUT2D eigenvalue weighted by atomic mass is 32.2. The Morgan fingerprint density at radius 2 is 2.12 bits per heavy atom. The highest BCUT2D eigenvalue weighted by Crippen LogP contribution is 2.29. The summed E-state index contributed by atoms with van der Waals surface area (Å²) in [6.45, 7) is 3.37. The average Bonchev–Trinajstić information content (AvgIpc) is 3.15. The van der Waals surface area contributed by atoms with Crippen molar-refractivity contribution in [3.8, 4) is 0 Å². The van der Waals surface area contributed by atoms with Gasteiger partial charge < -0.3 is 9.84 Å². The number of hydrogen-bond acceptors (Lipinski definition) is 6. The number of aryl methyl sites for hydroxylation is 2. The molecule has 8 heteroatoms. The van der Waals surface area contributed by atoms with Crippen molar-refractivity contribution in [2.45, 2.75) is 13.8 Å². The molecule has 1 aromatic carbocycles. The maximum Gasteiger partial charge on any atom is 0.245 e. The number of carbonyl (C=O) groups is 3. The zero-order chi connectivity index (χ0) is 18.7. The minimum Gasteiger partial charge on any atom is -0.360 e. The lowest BCUT2D eigenvalue weighted by molar-refractivity contribution is -0.129. The van der Waals surface area contributed by atoms with E-state index in [0.29, 0.717) is 16.4 Å². The summed E-state index contributed by atoms with van der Waals surface area (Å²) in [7, 11) is 0. The van der Waals surface area contributed by atoms with Gasteiger partial charge >= 0.3 is 0 Å². The maximum absolute atomic E-state index is 12.5. The van der Waals surface area contributed by atoms with E-state index >= 15 is 0 Å². The molecule has 0 bridgehead atoms. The van der Waals surface area contributed by atoms with Crippen molar-refractivity contribution < 1.29 is 18.9 Å². The molecule has 1 N–H and O–H groups in total. The molecule has 1 aromatic heterocycles. The third kappa shape index (κ3) is 4.02. The van der Waals surface area contributed by atoms with Crippen LogP contribution in [0, 0.1) is 13.8 Å². The predicted molar refractivity (Wildman–Crippen MR) is 97.6 cm³/mol. The van der Waals surface area contributed by atoms with Crippen LogP contribution in [0.25, 0.3) is 0 Å². The third-order valence-electron chi connectivity index (χ3n) is 3.77. The Labute approximate surface area is 154 Å². The van der Waals surface area contributed by atoms with Crippen molar-refractivity contribution in [1.82, 2.24) is 10.1 Å². The zero-order valence-corrected chi connectivity index (χ0v) is 15.1. The molecular formula is C18H17N3O4S. The number of rotatable bonds is 5. The highest BCUT2D eigenvalue weighted by Gasteiger charge is 2.29. The summed E-state index contributed by atoms with van der Waals surface area (Å²) in [6.07, 6.45) is 1.41. The van der Waals surface area contributed by atoms with Gasteiger partial charge in [-0.2, -0.15) is 0 Å². The number of thioether (sulfide) groups is 1. The quantitative estimate of drug-likeness (QED) is 0.641. The second kappa shape index (κ2) is 7.57. The van der Waals surface area contributed by atoms with Crippen molar-refractivity contribution in [3.63, 3.8) is 0 Å². The molecule has 0 atom stereocenters. The number of ketones is 1. The summed E-state index contributed by atoms with van der Waals surface area (Å²) in [6, 6.07) is 8.81. The molecule has 1 aliphatic rings. The number of nitrogens with one attached hydrogen (secondary N) is 1. The standard InChI is InChI=1S/C18H17N3O4S/c1-11-5-3-4-6-13(11)14(22)8-18-21(17(24)10-26-18)9-16(23)19-15-7-12(2)25-20-15/h3-8H,9-10H2,1-2H3,(H,19,20,23)/b18-8-. The third-order valence-corrected chi connectivity index (χ3v) is 4.80. The van der Waals surface area contributed by atoms with E-state index in [4.69, 9.17) is 4.52 Å². The Hall–Kier alpha value is -2.87. The lowest BCUT2D eigenvalue weighted by Crippen LogP contribution is -2.34. The second-order valence-electron chi connectivity index (χ2n) is 5.80. The van der Waals surface area contributed by atoms with Gasteiger partial charge in [0.15, 0.2) is 11.6 Å². The molecule has 0 unspecified atom stereocenters. The fourth-order valence-electron chi connectivity index (χ4n) is 2.49. The lowest BCUT2D eigenvalue weighted by atomic mass is 10.1. The van der Waals surface area contributed by atoms with Gasteiger partial charge in [0.25, 0.3) is 0 Å². The Morgan fingerprint density at radius 1 is 1.35 bits per heavy atom. The molecule has 0 saturated carbocycles. The Morgan fingerprint density at radius 3 is 2.81 bits per heavy atom. The van der Waals surface area contributed by atoms with E-state index in [0.717, 1.165) is 5.56 Å². The molecule has 0 spiro atoms. The number of aromatic nitrogens is 1. The number of hydrogen-bond donors (Lipinski definition) is 1. The van der Waals surface area contributed by atoms with Crippen LogP contribution in [0.5, 0.6) is 0 Å². The Kier molecular flexibility index (Phi) is 5.22. The van der Waals surface area contributed by atoms with Crippen LogP contribution in [0.15, 0.2) is 46.0 Å².